The molecule has 0 atom stereocenters. The van der Waals surface area contributed by atoms with Crippen molar-refractivity contribution < 1.29 is 35.9 Å². The minimum atomic E-state index is -5.82. The van der Waals surface area contributed by atoms with Crippen LogP contribution < -0.4 is 9.04 Å². The fourth-order valence-electron chi connectivity index (χ4n) is 2.07. The molecule has 29 heavy (non-hydrogen) atoms. The molecule has 0 saturated carbocycles. The van der Waals surface area contributed by atoms with E-state index in [0.29, 0.717) is 5.75 Å². The standard InChI is InChI=1S/C19H20F3NO5S/c1-18(2,3)17(24)27-13-23(29(25,26)19(20,21)22)14-8-7-11-16(12-14)28-15-9-5-4-6-10-15/h4-12H,13H2,1-3H3. The summed E-state index contributed by atoms with van der Waals surface area (Å²) in [6, 6.07) is 13.5. The SMILES string of the molecule is CC(C)(C)C(=O)OCN(c1cccc(Oc2ccccc2)c1)S(=O)(=O)C(F)(F)F. The van der Waals surface area contributed by atoms with Gasteiger partial charge in [-0.15, -0.1) is 0 Å². The van der Waals surface area contributed by atoms with Crippen molar-refractivity contribution in [3.05, 3.63) is 54.6 Å². The first-order valence-corrected chi connectivity index (χ1v) is 9.85. The van der Waals surface area contributed by atoms with Gasteiger partial charge in [0.2, 0.25) is 0 Å². The number of rotatable bonds is 6. The van der Waals surface area contributed by atoms with E-state index in [4.69, 9.17) is 9.47 Å². The van der Waals surface area contributed by atoms with Crippen LogP contribution in [0.3, 0.4) is 0 Å². The van der Waals surface area contributed by atoms with Gasteiger partial charge in [0.1, 0.15) is 11.5 Å². The summed E-state index contributed by atoms with van der Waals surface area (Å²) in [5.41, 5.74) is -6.97. The van der Waals surface area contributed by atoms with Crippen LogP contribution in [0.15, 0.2) is 54.6 Å². The molecule has 0 unspecified atom stereocenters. The minimum Gasteiger partial charge on any atom is -0.457 e. The molecule has 0 saturated heterocycles. The van der Waals surface area contributed by atoms with Crippen LogP contribution in [-0.2, 0) is 19.6 Å². The molecular weight excluding hydrogens is 411 g/mol. The lowest BCUT2D eigenvalue weighted by molar-refractivity contribution is -0.152. The van der Waals surface area contributed by atoms with Gasteiger partial charge in [-0.05, 0) is 45.0 Å². The average molecular weight is 431 g/mol. The molecule has 2 aromatic rings. The zero-order chi connectivity index (χ0) is 21.9. The fraction of sp³-hybridized carbons (Fsp3) is 0.316. The lowest BCUT2D eigenvalue weighted by Gasteiger charge is -2.26. The largest absolute Gasteiger partial charge is 0.516 e. The van der Waals surface area contributed by atoms with Crippen LogP contribution >= 0.6 is 0 Å². The molecule has 0 N–H and O–H groups in total. The highest BCUT2D eigenvalue weighted by Crippen LogP contribution is 2.33. The molecule has 0 aliphatic carbocycles. The van der Waals surface area contributed by atoms with Crippen LogP contribution in [0.1, 0.15) is 20.8 Å². The van der Waals surface area contributed by atoms with Gasteiger partial charge in [0.15, 0.2) is 6.73 Å². The van der Waals surface area contributed by atoms with Crippen LogP contribution in [-0.4, -0.2) is 26.6 Å². The summed E-state index contributed by atoms with van der Waals surface area (Å²) in [6.07, 6.45) is 0. The highest BCUT2D eigenvalue weighted by molar-refractivity contribution is 7.93. The fourth-order valence-corrected chi connectivity index (χ4v) is 2.90. The molecule has 2 rings (SSSR count). The number of benzene rings is 2. The van der Waals surface area contributed by atoms with Crippen molar-refractivity contribution in [3.8, 4) is 11.5 Å². The van der Waals surface area contributed by atoms with E-state index < -0.39 is 33.6 Å². The second kappa shape index (κ2) is 8.32. The molecule has 0 amide bonds. The number of nitrogens with zero attached hydrogens (tertiary/aromatic N) is 1. The lowest BCUT2D eigenvalue weighted by Crippen LogP contribution is -2.43. The number of hydrogen-bond donors (Lipinski definition) is 0. The van der Waals surface area contributed by atoms with Crippen molar-refractivity contribution in [3.63, 3.8) is 0 Å². The molecule has 0 spiro atoms. The predicted molar refractivity (Wildman–Crippen MR) is 101 cm³/mol. The van der Waals surface area contributed by atoms with Crippen LogP contribution in [0, 0.1) is 5.41 Å². The third-order valence-electron chi connectivity index (χ3n) is 3.59. The molecule has 0 aliphatic heterocycles. The highest BCUT2D eigenvalue weighted by Gasteiger charge is 2.51. The molecule has 0 aromatic heterocycles. The number of carbonyl (C=O) groups is 1. The Morgan fingerprint density at radius 3 is 2.10 bits per heavy atom. The zero-order valence-electron chi connectivity index (χ0n) is 15.9. The summed E-state index contributed by atoms with van der Waals surface area (Å²) in [5.74, 6) is -0.330. The van der Waals surface area contributed by atoms with Gasteiger partial charge in [0.05, 0.1) is 11.1 Å². The number of sulfonamides is 1. The minimum absolute atomic E-state index is 0.0194. The smallest absolute Gasteiger partial charge is 0.457 e. The Kier molecular flexibility index (Phi) is 6.46. The van der Waals surface area contributed by atoms with Crippen molar-refractivity contribution >= 4 is 21.7 Å². The van der Waals surface area contributed by atoms with E-state index in [2.05, 4.69) is 0 Å². The second-order valence-corrected chi connectivity index (χ2v) is 8.88. The van der Waals surface area contributed by atoms with Gasteiger partial charge < -0.3 is 9.47 Å². The van der Waals surface area contributed by atoms with Gasteiger partial charge in [-0.2, -0.15) is 21.6 Å². The van der Waals surface area contributed by atoms with Crippen LogP contribution in [0.4, 0.5) is 18.9 Å². The Morgan fingerprint density at radius 1 is 0.966 bits per heavy atom. The first-order valence-electron chi connectivity index (χ1n) is 8.41. The maximum atomic E-state index is 13.2. The van der Waals surface area contributed by atoms with E-state index in [1.54, 1.807) is 30.3 Å². The Morgan fingerprint density at radius 2 is 1.55 bits per heavy atom. The molecule has 0 heterocycles. The van der Waals surface area contributed by atoms with Crippen LogP contribution in [0.5, 0.6) is 11.5 Å². The van der Waals surface area contributed by atoms with Gasteiger partial charge in [0.25, 0.3) is 0 Å². The third kappa shape index (κ3) is 5.63. The Hall–Kier alpha value is -2.75. The maximum absolute atomic E-state index is 13.2. The summed E-state index contributed by atoms with van der Waals surface area (Å²) >= 11 is 0. The van der Waals surface area contributed by atoms with E-state index >= 15 is 0 Å². The highest BCUT2D eigenvalue weighted by atomic mass is 32.2. The Bertz CT molecular complexity index is 954. The normalized spacial score (nSPS) is 12.3. The summed E-state index contributed by atoms with van der Waals surface area (Å²) in [6.45, 7) is 3.34. The first-order chi connectivity index (χ1) is 13.3. The summed E-state index contributed by atoms with van der Waals surface area (Å²) in [5, 5.41) is 0. The number of ether oxygens (including phenoxy) is 2. The number of halogens is 3. The second-order valence-electron chi connectivity index (χ2n) is 7.02. The van der Waals surface area contributed by atoms with Crippen LogP contribution in [0.25, 0.3) is 0 Å². The monoisotopic (exact) mass is 431 g/mol. The van der Waals surface area contributed by atoms with Crippen molar-refractivity contribution in [1.29, 1.82) is 0 Å². The number of carbonyl (C=O) groups excluding carboxylic acids is 1. The maximum Gasteiger partial charge on any atom is 0.516 e. The van der Waals surface area contributed by atoms with E-state index in [0.717, 1.165) is 12.1 Å². The van der Waals surface area contributed by atoms with Crippen molar-refractivity contribution in [2.24, 2.45) is 5.41 Å². The topological polar surface area (TPSA) is 72.9 Å². The molecule has 0 aliphatic rings. The first kappa shape index (κ1) is 22.5. The van der Waals surface area contributed by atoms with Crippen molar-refractivity contribution in [2.45, 2.75) is 26.3 Å². The quantitative estimate of drug-likeness (QED) is 0.490. The molecule has 6 nitrogen and oxygen atoms in total. The van der Waals surface area contributed by atoms with Gasteiger partial charge in [-0.1, -0.05) is 24.3 Å². The summed E-state index contributed by atoms with van der Waals surface area (Å²) in [7, 11) is -5.82. The lowest BCUT2D eigenvalue weighted by atomic mass is 9.98. The number of anilines is 1. The molecule has 2 aromatic carbocycles. The molecule has 10 heteroatoms. The van der Waals surface area contributed by atoms with Gasteiger partial charge >= 0.3 is 21.5 Å². The predicted octanol–water partition coefficient (Wildman–Crippen LogP) is 4.68. The van der Waals surface area contributed by atoms with Crippen molar-refractivity contribution in [2.75, 3.05) is 11.0 Å². The van der Waals surface area contributed by atoms with Gasteiger partial charge in [-0.25, -0.2) is 4.31 Å². The molecular formula is C19H20F3NO5S. The Balaban J connectivity index is 2.38. The van der Waals surface area contributed by atoms with Crippen molar-refractivity contribution in [1.82, 2.24) is 0 Å². The van der Waals surface area contributed by atoms with E-state index in [9.17, 15) is 26.4 Å². The molecule has 0 bridgehead atoms. The third-order valence-corrected chi connectivity index (χ3v) is 5.07. The summed E-state index contributed by atoms with van der Waals surface area (Å²) in [4.78, 5) is 11.9. The van der Waals surface area contributed by atoms with Gasteiger partial charge in [0, 0.05) is 6.07 Å². The number of esters is 1. The molecule has 158 valence electrons. The number of hydrogen-bond acceptors (Lipinski definition) is 5. The summed E-state index contributed by atoms with van der Waals surface area (Å²) < 4.78 is 74.0. The Labute approximate surface area is 166 Å². The van der Waals surface area contributed by atoms with Crippen LogP contribution in [0.2, 0.25) is 0 Å². The van der Waals surface area contributed by atoms with E-state index in [1.165, 1.54) is 32.9 Å². The zero-order valence-corrected chi connectivity index (χ0v) is 16.8. The van der Waals surface area contributed by atoms with Gasteiger partial charge in [-0.3, -0.25) is 4.79 Å². The van der Waals surface area contributed by atoms with E-state index in [-0.39, 0.29) is 15.7 Å². The number of alkyl halides is 3. The molecule has 0 fully saturated rings. The van der Waals surface area contributed by atoms with E-state index in [1.807, 2.05) is 0 Å². The molecule has 0 radical (unpaired) electrons. The number of para-hydroxylation sites is 1. The average Bonchev–Trinajstić information content (AvgIpc) is 2.61.